The number of aromatic carboxylic acids is 1. The second-order valence-corrected chi connectivity index (χ2v) is 3.05. The van der Waals surface area contributed by atoms with Gasteiger partial charge in [0.1, 0.15) is 5.56 Å². The Kier molecular flexibility index (Phi) is 2.40. The van der Waals surface area contributed by atoms with Crippen LogP contribution >= 0.6 is 0 Å². The van der Waals surface area contributed by atoms with Gasteiger partial charge in [-0.3, -0.25) is 0 Å². The van der Waals surface area contributed by atoms with Crippen molar-refractivity contribution in [1.29, 1.82) is 0 Å². The number of hydrogen-bond donors (Lipinski definition) is 1. The third-order valence-corrected chi connectivity index (χ3v) is 2.12. The van der Waals surface area contributed by atoms with Crippen LogP contribution in [0, 0.1) is 0 Å². The number of ether oxygens (including phenoxy) is 3. The Morgan fingerprint density at radius 2 is 2.12 bits per heavy atom. The van der Waals surface area contributed by atoms with Gasteiger partial charge in [0.15, 0.2) is 11.5 Å². The summed E-state index contributed by atoms with van der Waals surface area (Å²) < 4.78 is 14.5. The van der Waals surface area contributed by atoms with E-state index in [0.717, 1.165) is 0 Å². The zero-order valence-electron chi connectivity index (χ0n) is 8.35. The van der Waals surface area contributed by atoms with E-state index in [-0.39, 0.29) is 29.4 Å². The second-order valence-electron chi connectivity index (χ2n) is 3.05. The average Bonchev–Trinajstić information content (AvgIpc) is 2.74. The zero-order valence-corrected chi connectivity index (χ0v) is 8.35. The topological polar surface area (TPSA) is 82.1 Å². The molecule has 0 unspecified atom stereocenters. The predicted molar refractivity (Wildman–Crippen MR) is 50.9 cm³/mol. The molecule has 1 aliphatic heterocycles. The number of carboxylic acids is 1. The fraction of sp³-hybridized carbons (Fsp3) is 0.200. The minimum Gasteiger partial charge on any atom is -0.478 e. The summed E-state index contributed by atoms with van der Waals surface area (Å²) in [5.74, 6) is -1.44. The van der Waals surface area contributed by atoms with E-state index in [2.05, 4.69) is 4.74 Å². The van der Waals surface area contributed by atoms with Crippen LogP contribution in [0.5, 0.6) is 11.5 Å². The molecule has 0 fully saturated rings. The number of rotatable bonds is 2. The molecule has 0 aromatic heterocycles. The van der Waals surface area contributed by atoms with Gasteiger partial charge in [0.2, 0.25) is 6.79 Å². The standard InChI is InChI=1S/C10H8O6/c1-14-10(13)5-2-6(9(11)12)8-7(3-5)15-4-16-8/h2-3H,4H2,1H3,(H,11,12). The first-order valence-corrected chi connectivity index (χ1v) is 4.38. The Morgan fingerprint density at radius 3 is 2.75 bits per heavy atom. The monoisotopic (exact) mass is 224 g/mol. The maximum atomic E-state index is 11.3. The third kappa shape index (κ3) is 1.54. The van der Waals surface area contributed by atoms with Gasteiger partial charge in [-0.15, -0.1) is 0 Å². The van der Waals surface area contributed by atoms with Gasteiger partial charge in [-0.1, -0.05) is 0 Å². The molecule has 16 heavy (non-hydrogen) atoms. The van der Waals surface area contributed by atoms with Gasteiger partial charge < -0.3 is 19.3 Å². The highest BCUT2D eigenvalue weighted by atomic mass is 16.7. The summed E-state index contributed by atoms with van der Waals surface area (Å²) in [4.78, 5) is 22.2. The summed E-state index contributed by atoms with van der Waals surface area (Å²) in [5, 5.41) is 8.94. The lowest BCUT2D eigenvalue weighted by atomic mass is 10.1. The van der Waals surface area contributed by atoms with Crippen molar-refractivity contribution in [2.24, 2.45) is 0 Å². The largest absolute Gasteiger partial charge is 0.478 e. The smallest absolute Gasteiger partial charge is 0.339 e. The third-order valence-electron chi connectivity index (χ3n) is 2.12. The van der Waals surface area contributed by atoms with Gasteiger partial charge in [-0.05, 0) is 12.1 Å². The Hall–Kier alpha value is -2.24. The number of benzene rings is 1. The van der Waals surface area contributed by atoms with E-state index in [1.54, 1.807) is 0 Å². The molecule has 0 bridgehead atoms. The summed E-state index contributed by atoms with van der Waals surface area (Å²) in [5.41, 5.74) is -0.000417. The quantitative estimate of drug-likeness (QED) is 0.751. The Morgan fingerprint density at radius 1 is 1.38 bits per heavy atom. The molecule has 0 saturated heterocycles. The predicted octanol–water partition coefficient (Wildman–Crippen LogP) is 0.900. The Labute approximate surface area is 90.3 Å². The molecule has 1 aromatic carbocycles. The molecular formula is C10H8O6. The molecule has 1 heterocycles. The molecule has 0 amide bonds. The van der Waals surface area contributed by atoms with Crippen molar-refractivity contribution in [2.75, 3.05) is 13.9 Å². The van der Waals surface area contributed by atoms with Gasteiger partial charge in [0, 0.05) is 0 Å². The molecule has 0 aliphatic carbocycles. The molecule has 6 heteroatoms. The lowest BCUT2D eigenvalue weighted by molar-refractivity contribution is 0.0600. The van der Waals surface area contributed by atoms with Gasteiger partial charge in [0.05, 0.1) is 12.7 Å². The van der Waals surface area contributed by atoms with Crippen molar-refractivity contribution in [1.82, 2.24) is 0 Å². The minimum atomic E-state index is -1.19. The highest BCUT2D eigenvalue weighted by Gasteiger charge is 2.25. The normalized spacial score (nSPS) is 12.3. The number of carbonyl (C=O) groups is 2. The van der Waals surface area contributed by atoms with E-state index >= 15 is 0 Å². The Balaban J connectivity index is 2.56. The van der Waals surface area contributed by atoms with Crippen LogP contribution in [0.2, 0.25) is 0 Å². The van der Waals surface area contributed by atoms with Crippen LogP contribution < -0.4 is 9.47 Å². The van der Waals surface area contributed by atoms with Gasteiger partial charge in [0.25, 0.3) is 0 Å². The maximum Gasteiger partial charge on any atom is 0.339 e. The highest BCUT2D eigenvalue weighted by molar-refractivity contribution is 5.98. The van der Waals surface area contributed by atoms with Crippen molar-refractivity contribution in [3.63, 3.8) is 0 Å². The van der Waals surface area contributed by atoms with Crippen LogP contribution in [0.3, 0.4) is 0 Å². The SMILES string of the molecule is COC(=O)c1cc2c(c(C(=O)O)c1)OCO2. The highest BCUT2D eigenvalue weighted by Crippen LogP contribution is 2.37. The van der Waals surface area contributed by atoms with Crippen LogP contribution in [-0.2, 0) is 4.74 Å². The number of esters is 1. The number of hydrogen-bond acceptors (Lipinski definition) is 5. The van der Waals surface area contributed by atoms with Crippen LogP contribution in [0.1, 0.15) is 20.7 Å². The molecule has 84 valence electrons. The van der Waals surface area contributed by atoms with Gasteiger partial charge in [-0.2, -0.15) is 0 Å². The molecule has 0 atom stereocenters. The summed E-state index contributed by atoms with van der Waals surface area (Å²) >= 11 is 0. The van der Waals surface area contributed by atoms with Crippen LogP contribution in [-0.4, -0.2) is 30.9 Å². The molecule has 0 saturated carbocycles. The molecule has 1 N–H and O–H groups in total. The van der Waals surface area contributed by atoms with Crippen molar-refractivity contribution in [3.05, 3.63) is 23.3 Å². The molecule has 2 rings (SSSR count). The van der Waals surface area contributed by atoms with Crippen molar-refractivity contribution in [2.45, 2.75) is 0 Å². The fourth-order valence-corrected chi connectivity index (χ4v) is 1.40. The zero-order chi connectivity index (χ0) is 11.7. The summed E-state index contributed by atoms with van der Waals surface area (Å²) in [6, 6.07) is 2.59. The van der Waals surface area contributed by atoms with E-state index in [1.165, 1.54) is 19.2 Å². The lowest BCUT2D eigenvalue weighted by Gasteiger charge is -2.04. The maximum absolute atomic E-state index is 11.3. The molecule has 1 aromatic rings. The second kappa shape index (κ2) is 3.73. The molecule has 0 spiro atoms. The molecule has 1 aliphatic rings. The first kappa shape index (κ1) is 10.3. The van der Waals surface area contributed by atoms with Crippen molar-refractivity contribution < 1.29 is 28.9 Å². The summed E-state index contributed by atoms with van der Waals surface area (Å²) in [6.07, 6.45) is 0. The van der Waals surface area contributed by atoms with Crippen LogP contribution in [0.4, 0.5) is 0 Å². The number of carboxylic acid groups (broad SMARTS) is 1. The average molecular weight is 224 g/mol. The van der Waals surface area contributed by atoms with Crippen LogP contribution in [0.15, 0.2) is 12.1 Å². The number of fused-ring (bicyclic) bond motifs is 1. The van der Waals surface area contributed by atoms with E-state index in [4.69, 9.17) is 14.6 Å². The summed E-state index contributed by atoms with van der Waals surface area (Å²) in [7, 11) is 1.22. The van der Waals surface area contributed by atoms with E-state index in [0.29, 0.717) is 0 Å². The first-order valence-electron chi connectivity index (χ1n) is 4.38. The van der Waals surface area contributed by atoms with Crippen LogP contribution in [0.25, 0.3) is 0 Å². The number of carbonyl (C=O) groups excluding carboxylic acids is 1. The molecule has 0 radical (unpaired) electrons. The fourth-order valence-electron chi connectivity index (χ4n) is 1.40. The molecular weight excluding hydrogens is 216 g/mol. The van der Waals surface area contributed by atoms with Gasteiger partial charge >= 0.3 is 11.9 Å². The molecule has 6 nitrogen and oxygen atoms in total. The van der Waals surface area contributed by atoms with Crippen molar-refractivity contribution in [3.8, 4) is 11.5 Å². The van der Waals surface area contributed by atoms with E-state index in [1.807, 2.05) is 0 Å². The van der Waals surface area contributed by atoms with E-state index in [9.17, 15) is 9.59 Å². The summed E-state index contributed by atoms with van der Waals surface area (Å²) in [6.45, 7) is -0.0553. The van der Waals surface area contributed by atoms with E-state index < -0.39 is 11.9 Å². The minimum absolute atomic E-state index is 0.0553. The first-order chi connectivity index (χ1) is 7.63. The van der Waals surface area contributed by atoms with Gasteiger partial charge in [-0.25, -0.2) is 9.59 Å². The van der Waals surface area contributed by atoms with Crippen molar-refractivity contribution >= 4 is 11.9 Å². The lowest BCUT2D eigenvalue weighted by Crippen LogP contribution is -2.05. The Bertz CT molecular complexity index is 465. The number of methoxy groups -OCH3 is 1.